The summed E-state index contributed by atoms with van der Waals surface area (Å²) < 4.78 is 24.1. The van der Waals surface area contributed by atoms with Gasteiger partial charge in [0.25, 0.3) is 5.91 Å². The van der Waals surface area contributed by atoms with Gasteiger partial charge in [-0.1, -0.05) is 12.1 Å². The van der Waals surface area contributed by atoms with Crippen LogP contribution in [0.3, 0.4) is 0 Å². The van der Waals surface area contributed by atoms with Crippen LogP contribution in [0.15, 0.2) is 42.5 Å². The van der Waals surface area contributed by atoms with E-state index in [1.165, 1.54) is 18.2 Å². The van der Waals surface area contributed by atoms with E-state index < -0.39 is 5.82 Å². The lowest BCUT2D eigenvalue weighted by molar-refractivity contribution is -0.116. The van der Waals surface area contributed by atoms with Crippen LogP contribution in [0.5, 0.6) is 11.5 Å². The number of hydrogen-bond acceptors (Lipinski definition) is 4. The molecule has 0 aromatic heterocycles. The first-order chi connectivity index (χ1) is 13.5. The second-order valence-corrected chi connectivity index (χ2v) is 5.91. The van der Waals surface area contributed by atoms with E-state index in [-0.39, 0.29) is 24.0 Å². The number of ether oxygens (including phenoxy) is 2. The van der Waals surface area contributed by atoms with Gasteiger partial charge < -0.3 is 20.1 Å². The topological polar surface area (TPSA) is 76.7 Å². The van der Waals surface area contributed by atoms with E-state index in [4.69, 9.17) is 9.47 Å². The van der Waals surface area contributed by atoms with Gasteiger partial charge in [0.15, 0.2) is 0 Å². The van der Waals surface area contributed by atoms with E-state index in [9.17, 15) is 14.0 Å². The Kier molecular flexibility index (Phi) is 8.27. The van der Waals surface area contributed by atoms with Crippen molar-refractivity contribution in [3.05, 3.63) is 53.8 Å². The van der Waals surface area contributed by atoms with Crippen molar-refractivity contribution in [2.75, 3.05) is 25.1 Å². The summed E-state index contributed by atoms with van der Waals surface area (Å²) in [6.07, 6.45) is 0.663. The summed E-state index contributed by atoms with van der Waals surface area (Å²) in [5.74, 6) is -0.105. The van der Waals surface area contributed by atoms with Crippen molar-refractivity contribution in [2.45, 2.75) is 26.7 Å². The molecule has 0 atom stereocenters. The molecule has 0 aliphatic rings. The summed E-state index contributed by atoms with van der Waals surface area (Å²) in [4.78, 5) is 24.4. The van der Waals surface area contributed by atoms with Gasteiger partial charge in [0, 0.05) is 19.0 Å². The lowest BCUT2D eigenvalue weighted by Gasteiger charge is -2.12. The molecule has 0 aliphatic heterocycles. The van der Waals surface area contributed by atoms with Gasteiger partial charge >= 0.3 is 0 Å². The molecule has 7 heteroatoms. The Hall–Kier alpha value is -3.09. The number of hydrogen-bond donors (Lipinski definition) is 2. The van der Waals surface area contributed by atoms with Crippen molar-refractivity contribution in [3.8, 4) is 11.5 Å². The molecule has 0 radical (unpaired) electrons. The van der Waals surface area contributed by atoms with Gasteiger partial charge in [0.1, 0.15) is 17.3 Å². The Labute approximate surface area is 164 Å². The molecule has 28 heavy (non-hydrogen) atoms. The molecule has 0 spiro atoms. The molecule has 2 aromatic rings. The van der Waals surface area contributed by atoms with Gasteiger partial charge in [-0.3, -0.25) is 9.59 Å². The summed E-state index contributed by atoms with van der Waals surface area (Å²) in [7, 11) is 0. The second kappa shape index (κ2) is 10.9. The van der Waals surface area contributed by atoms with Crippen molar-refractivity contribution < 1.29 is 23.5 Å². The van der Waals surface area contributed by atoms with Gasteiger partial charge in [-0.25, -0.2) is 4.39 Å². The van der Waals surface area contributed by atoms with Gasteiger partial charge in [0.2, 0.25) is 5.91 Å². The molecule has 0 bridgehead atoms. The molecule has 2 amide bonds. The van der Waals surface area contributed by atoms with E-state index in [0.29, 0.717) is 43.2 Å². The average molecular weight is 388 g/mol. The maximum atomic E-state index is 13.3. The highest BCUT2D eigenvalue weighted by molar-refractivity contribution is 5.97. The number of carbonyl (C=O) groups excluding carboxylic acids is 2. The van der Waals surface area contributed by atoms with E-state index in [1.807, 2.05) is 6.92 Å². The minimum absolute atomic E-state index is 0.205. The second-order valence-electron chi connectivity index (χ2n) is 5.91. The number of nitrogens with one attached hydrogen (secondary N) is 2. The third-order valence-electron chi connectivity index (χ3n) is 3.82. The van der Waals surface area contributed by atoms with Crippen molar-refractivity contribution in [2.24, 2.45) is 0 Å². The van der Waals surface area contributed by atoms with Crippen LogP contribution in [0, 0.1) is 5.82 Å². The number of anilines is 1. The van der Waals surface area contributed by atoms with Crippen LogP contribution in [0.4, 0.5) is 10.1 Å². The molecule has 150 valence electrons. The number of para-hydroxylation sites is 1. The average Bonchev–Trinajstić information content (AvgIpc) is 2.68. The van der Waals surface area contributed by atoms with E-state index in [2.05, 4.69) is 10.6 Å². The maximum Gasteiger partial charge on any atom is 0.255 e. The minimum atomic E-state index is -0.434. The number of benzene rings is 2. The fourth-order valence-corrected chi connectivity index (χ4v) is 2.57. The fraction of sp³-hybridized carbons (Fsp3) is 0.333. The third-order valence-corrected chi connectivity index (χ3v) is 3.82. The Bertz CT molecular complexity index is 811. The van der Waals surface area contributed by atoms with Crippen LogP contribution in [-0.4, -0.2) is 31.6 Å². The molecule has 0 fully saturated rings. The molecular weight excluding hydrogens is 363 g/mol. The van der Waals surface area contributed by atoms with E-state index in [0.717, 1.165) is 0 Å². The van der Waals surface area contributed by atoms with Crippen LogP contribution in [0.2, 0.25) is 0 Å². The van der Waals surface area contributed by atoms with Crippen molar-refractivity contribution in [1.82, 2.24) is 5.32 Å². The quantitative estimate of drug-likeness (QED) is 0.608. The molecule has 0 saturated heterocycles. The van der Waals surface area contributed by atoms with Gasteiger partial charge in [-0.05, 0) is 44.5 Å². The van der Waals surface area contributed by atoms with Crippen LogP contribution in [-0.2, 0) is 4.79 Å². The van der Waals surface area contributed by atoms with Crippen molar-refractivity contribution in [1.29, 1.82) is 0 Å². The standard InChI is InChI=1S/C21H25FN2O4/c1-3-27-18-9-6-5-8-16(18)21(26)23-13-7-10-20(25)24-17-12-11-15(22)14-19(17)28-4-2/h5-6,8-9,11-12,14H,3-4,7,10,13H2,1-2H3,(H,23,26)(H,24,25). The summed E-state index contributed by atoms with van der Waals surface area (Å²) in [5, 5.41) is 5.49. The third kappa shape index (κ3) is 6.26. The summed E-state index contributed by atoms with van der Waals surface area (Å²) in [5.41, 5.74) is 0.879. The Morgan fingerprint density at radius 1 is 1.00 bits per heavy atom. The molecular formula is C21H25FN2O4. The number of amides is 2. The summed E-state index contributed by atoms with van der Waals surface area (Å²) in [6.45, 7) is 4.81. The molecule has 2 N–H and O–H groups in total. The van der Waals surface area contributed by atoms with Crippen LogP contribution < -0.4 is 20.1 Å². The molecule has 6 nitrogen and oxygen atoms in total. The first-order valence-electron chi connectivity index (χ1n) is 9.27. The highest BCUT2D eigenvalue weighted by Crippen LogP contribution is 2.25. The number of halogens is 1. The minimum Gasteiger partial charge on any atom is -0.493 e. The highest BCUT2D eigenvalue weighted by Gasteiger charge is 2.12. The fourth-order valence-electron chi connectivity index (χ4n) is 2.57. The lowest BCUT2D eigenvalue weighted by Crippen LogP contribution is -2.26. The Morgan fingerprint density at radius 3 is 2.46 bits per heavy atom. The van der Waals surface area contributed by atoms with Crippen molar-refractivity contribution >= 4 is 17.5 Å². The monoisotopic (exact) mass is 388 g/mol. The van der Waals surface area contributed by atoms with Crippen LogP contribution in [0.1, 0.15) is 37.0 Å². The predicted molar refractivity (Wildman–Crippen MR) is 105 cm³/mol. The predicted octanol–water partition coefficient (Wildman–Crippen LogP) is 3.77. The van der Waals surface area contributed by atoms with Crippen LogP contribution >= 0.6 is 0 Å². The SMILES string of the molecule is CCOc1cc(F)ccc1NC(=O)CCCNC(=O)c1ccccc1OCC. The van der Waals surface area contributed by atoms with Gasteiger partial charge in [-0.15, -0.1) is 0 Å². The summed E-state index contributed by atoms with van der Waals surface area (Å²) in [6, 6.07) is 11.0. The molecule has 2 rings (SSSR count). The maximum absolute atomic E-state index is 13.3. The van der Waals surface area contributed by atoms with E-state index >= 15 is 0 Å². The first kappa shape index (κ1) is 21.2. The Balaban J connectivity index is 1.81. The van der Waals surface area contributed by atoms with Gasteiger partial charge in [0.05, 0.1) is 24.5 Å². The van der Waals surface area contributed by atoms with Gasteiger partial charge in [-0.2, -0.15) is 0 Å². The zero-order valence-corrected chi connectivity index (χ0v) is 16.1. The smallest absolute Gasteiger partial charge is 0.255 e. The summed E-state index contributed by atoms with van der Waals surface area (Å²) >= 11 is 0. The van der Waals surface area contributed by atoms with Crippen LogP contribution in [0.25, 0.3) is 0 Å². The molecule has 0 saturated carbocycles. The molecule has 0 heterocycles. The first-order valence-corrected chi connectivity index (χ1v) is 9.27. The Morgan fingerprint density at radius 2 is 1.71 bits per heavy atom. The zero-order chi connectivity index (χ0) is 20.4. The molecule has 0 aliphatic carbocycles. The molecule has 2 aromatic carbocycles. The number of rotatable bonds is 10. The molecule has 0 unspecified atom stereocenters. The van der Waals surface area contributed by atoms with Crippen molar-refractivity contribution in [3.63, 3.8) is 0 Å². The largest absolute Gasteiger partial charge is 0.493 e. The normalized spacial score (nSPS) is 10.2. The number of carbonyl (C=O) groups is 2. The lowest BCUT2D eigenvalue weighted by atomic mass is 10.2. The van der Waals surface area contributed by atoms with E-state index in [1.54, 1.807) is 31.2 Å². The zero-order valence-electron chi connectivity index (χ0n) is 16.1. The highest BCUT2D eigenvalue weighted by atomic mass is 19.1.